The summed E-state index contributed by atoms with van der Waals surface area (Å²) in [7, 11) is 2.08. The molecule has 0 heterocycles. The van der Waals surface area contributed by atoms with Crippen LogP contribution in [0.25, 0.3) is 0 Å². The number of halogens is 1. The number of nitrogens with zero attached hydrogens (tertiary/aromatic N) is 1. The molecule has 2 aromatic carbocycles. The summed E-state index contributed by atoms with van der Waals surface area (Å²) in [5.74, 6) is 0. The van der Waals surface area contributed by atoms with Gasteiger partial charge in [-0.05, 0) is 62.0 Å². The predicted molar refractivity (Wildman–Crippen MR) is 108 cm³/mol. The molecule has 3 nitrogen and oxygen atoms in total. The van der Waals surface area contributed by atoms with Crippen molar-refractivity contribution in [2.75, 3.05) is 30.4 Å². The summed E-state index contributed by atoms with van der Waals surface area (Å²) in [5.41, 5.74) is 4.65. The van der Waals surface area contributed by atoms with Gasteiger partial charge in [0, 0.05) is 36.0 Å². The normalized spacial score (nSPS) is 10.3. The summed E-state index contributed by atoms with van der Waals surface area (Å²) in [6, 6.07) is 14.6. The van der Waals surface area contributed by atoms with Crippen molar-refractivity contribution in [3.8, 4) is 0 Å². The van der Waals surface area contributed by atoms with Crippen molar-refractivity contribution >= 4 is 44.6 Å². The summed E-state index contributed by atoms with van der Waals surface area (Å²) in [4.78, 5) is 2.21. The first kappa shape index (κ1) is 17.8. The molecule has 122 valence electrons. The van der Waals surface area contributed by atoms with Gasteiger partial charge in [-0.15, -0.1) is 0 Å². The van der Waals surface area contributed by atoms with Crippen LogP contribution in [0.4, 0.5) is 11.4 Å². The average molecular weight is 392 g/mol. The number of anilines is 2. The molecular weight excluding hydrogens is 370 g/mol. The Labute approximate surface area is 152 Å². The molecule has 0 atom stereocenters. The highest BCUT2D eigenvalue weighted by Gasteiger charge is 2.02. The van der Waals surface area contributed by atoms with Gasteiger partial charge in [0.05, 0.1) is 0 Å². The Morgan fingerprint density at radius 3 is 2.48 bits per heavy atom. The van der Waals surface area contributed by atoms with Gasteiger partial charge in [-0.2, -0.15) is 0 Å². The topological polar surface area (TPSA) is 27.3 Å². The molecule has 5 heteroatoms. The molecule has 0 fully saturated rings. The van der Waals surface area contributed by atoms with Crippen LogP contribution in [-0.2, 0) is 0 Å². The Kier molecular flexibility index (Phi) is 6.42. The number of likely N-dealkylation sites (N-methyl/N-ethyl adjacent to an activating group) is 1. The highest BCUT2D eigenvalue weighted by molar-refractivity contribution is 9.10. The van der Waals surface area contributed by atoms with Gasteiger partial charge >= 0.3 is 0 Å². The third-order valence-corrected chi connectivity index (χ3v) is 4.76. The second kappa shape index (κ2) is 8.31. The van der Waals surface area contributed by atoms with Gasteiger partial charge in [0.1, 0.15) is 0 Å². The van der Waals surface area contributed by atoms with Crippen molar-refractivity contribution in [2.45, 2.75) is 13.8 Å². The molecule has 0 aliphatic heterocycles. The van der Waals surface area contributed by atoms with Crippen LogP contribution in [0.3, 0.4) is 0 Å². The fourth-order valence-corrected chi connectivity index (χ4v) is 2.63. The predicted octanol–water partition coefficient (Wildman–Crippen LogP) is 4.49. The molecule has 23 heavy (non-hydrogen) atoms. The lowest BCUT2D eigenvalue weighted by molar-refractivity contribution is 0.827. The standard InChI is InChI=1S/C18H22BrN3S/c1-13-4-7-16(8-5-13)22(3)11-10-20-18(23)21-15-6-9-17(19)14(2)12-15/h4-9,12H,10-11H2,1-3H3,(H2,20,21,23). The SMILES string of the molecule is Cc1ccc(N(C)CCNC(=S)Nc2ccc(Br)c(C)c2)cc1. The number of aryl methyl sites for hydroxylation is 2. The maximum atomic E-state index is 5.35. The van der Waals surface area contributed by atoms with Crippen molar-refractivity contribution in [1.29, 1.82) is 0 Å². The number of hydrogen-bond acceptors (Lipinski definition) is 2. The summed E-state index contributed by atoms with van der Waals surface area (Å²) in [6.45, 7) is 5.82. The maximum absolute atomic E-state index is 5.35. The molecule has 2 aromatic rings. The molecule has 0 amide bonds. The average Bonchev–Trinajstić information content (AvgIpc) is 2.51. The Balaban J connectivity index is 1.78. The van der Waals surface area contributed by atoms with E-state index in [9.17, 15) is 0 Å². The lowest BCUT2D eigenvalue weighted by Crippen LogP contribution is -2.35. The van der Waals surface area contributed by atoms with Crippen molar-refractivity contribution in [3.05, 3.63) is 58.1 Å². The van der Waals surface area contributed by atoms with Crippen LogP contribution in [0.1, 0.15) is 11.1 Å². The highest BCUT2D eigenvalue weighted by atomic mass is 79.9. The van der Waals surface area contributed by atoms with E-state index in [4.69, 9.17) is 12.2 Å². The number of nitrogens with one attached hydrogen (secondary N) is 2. The van der Waals surface area contributed by atoms with Crippen molar-refractivity contribution in [1.82, 2.24) is 5.32 Å². The Morgan fingerprint density at radius 1 is 1.13 bits per heavy atom. The number of rotatable bonds is 5. The van der Waals surface area contributed by atoms with E-state index in [0.717, 1.165) is 23.2 Å². The van der Waals surface area contributed by atoms with Gasteiger partial charge in [-0.1, -0.05) is 33.6 Å². The van der Waals surface area contributed by atoms with Gasteiger partial charge in [-0.25, -0.2) is 0 Å². The highest BCUT2D eigenvalue weighted by Crippen LogP contribution is 2.19. The first-order valence-electron chi connectivity index (χ1n) is 7.54. The van der Waals surface area contributed by atoms with Gasteiger partial charge in [-0.3, -0.25) is 0 Å². The van der Waals surface area contributed by atoms with Gasteiger partial charge < -0.3 is 15.5 Å². The molecular formula is C18H22BrN3S. The number of thiocarbonyl (C=S) groups is 1. The zero-order chi connectivity index (χ0) is 16.8. The largest absolute Gasteiger partial charge is 0.373 e. The molecule has 0 aliphatic carbocycles. The minimum atomic E-state index is 0.643. The van der Waals surface area contributed by atoms with Crippen LogP contribution in [0.15, 0.2) is 46.9 Å². The molecule has 0 spiro atoms. The monoisotopic (exact) mass is 391 g/mol. The third kappa shape index (κ3) is 5.52. The molecule has 0 aliphatic rings. The third-order valence-electron chi connectivity index (χ3n) is 3.62. The smallest absolute Gasteiger partial charge is 0.170 e. The van der Waals surface area contributed by atoms with E-state index >= 15 is 0 Å². The second-order valence-electron chi connectivity index (χ2n) is 5.60. The van der Waals surface area contributed by atoms with E-state index in [1.807, 2.05) is 12.1 Å². The van der Waals surface area contributed by atoms with Crippen LogP contribution in [0.5, 0.6) is 0 Å². The van der Waals surface area contributed by atoms with Gasteiger partial charge in [0.15, 0.2) is 5.11 Å². The summed E-state index contributed by atoms with van der Waals surface area (Å²) < 4.78 is 1.10. The van der Waals surface area contributed by atoms with Crippen molar-refractivity contribution < 1.29 is 0 Å². The van der Waals surface area contributed by atoms with Crippen LogP contribution in [0, 0.1) is 13.8 Å². The first-order chi connectivity index (χ1) is 11.0. The van der Waals surface area contributed by atoms with E-state index in [1.54, 1.807) is 0 Å². The van der Waals surface area contributed by atoms with E-state index < -0.39 is 0 Å². The summed E-state index contributed by atoms with van der Waals surface area (Å²) in [5, 5.41) is 7.10. The van der Waals surface area contributed by atoms with E-state index in [0.29, 0.717) is 5.11 Å². The van der Waals surface area contributed by atoms with Crippen LogP contribution in [0.2, 0.25) is 0 Å². The van der Waals surface area contributed by atoms with E-state index in [-0.39, 0.29) is 0 Å². The van der Waals surface area contributed by atoms with Gasteiger partial charge in [0.25, 0.3) is 0 Å². The second-order valence-corrected chi connectivity index (χ2v) is 6.86. The first-order valence-corrected chi connectivity index (χ1v) is 8.74. The Hall–Kier alpha value is -1.59. The van der Waals surface area contributed by atoms with E-state index in [1.165, 1.54) is 16.8 Å². The van der Waals surface area contributed by atoms with Crippen molar-refractivity contribution in [3.63, 3.8) is 0 Å². The molecule has 0 unspecified atom stereocenters. The molecule has 0 saturated carbocycles. The Bertz CT molecular complexity index is 670. The minimum Gasteiger partial charge on any atom is -0.373 e. The Morgan fingerprint density at radius 2 is 1.83 bits per heavy atom. The molecule has 2 rings (SSSR count). The molecule has 2 N–H and O–H groups in total. The number of benzene rings is 2. The minimum absolute atomic E-state index is 0.643. The fourth-order valence-electron chi connectivity index (χ4n) is 2.16. The maximum Gasteiger partial charge on any atom is 0.170 e. The van der Waals surface area contributed by atoms with Crippen LogP contribution >= 0.6 is 28.1 Å². The van der Waals surface area contributed by atoms with Crippen LogP contribution in [-0.4, -0.2) is 25.2 Å². The van der Waals surface area contributed by atoms with E-state index in [2.05, 4.69) is 82.7 Å². The molecule has 0 saturated heterocycles. The zero-order valence-electron chi connectivity index (χ0n) is 13.7. The zero-order valence-corrected chi connectivity index (χ0v) is 16.1. The fraction of sp³-hybridized carbons (Fsp3) is 0.278. The quantitative estimate of drug-likeness (QED) is 0.734. The lowest BCUT2D eigenvalue weighted by Gasteiger charge is -2.20. The number of hydrogen-bond donors (Lipinski definition) is 2. The summed E-state index contributed by atoms with van der Waals surface area (Å²) >= 11 is 8.84. The van der Waals surface area contributed by atoms with Crippen molar-refractivity contribution in [2.24, 2.45) is 0 Å². The summed E-state index contributed by atoms with van der Waals surface area (Å²) in [6.07, 6.45) is 0. The lowest BCUT2D eigenvalue weighted by atomic mass is 10.2. The van der Waals surface area contributed by atoms with Crippen LogP contribution < -0.4 is 15.5 Å². The van der Waals surface area contributed by atoms with Gasteiger partial charge in [0.2, 0.25) is 0 Å². The molecule has 0 bridgehead atoms. The molecule has 0 radical (unpaired) electrons. The molecule has 0 aromatic heterocycles.